The Kier molecular flexibility index (Phi) is 5.61. The molecule has 2 aliphatic rings. The summed E-state index contributed by atoms with van der Waals surface area (Å²) in [5, 5.41) is 2.78. The zero-order valence-electron chi connectivity index (χ0n) is 14.5. The predicted octanol–water partition coefficient (Wildman–Crippen LogP) is 1.23. The standard InChI is InChI=1S/C17H25N3O4S/c1-2-18-17(21)20-8-7-13-5-6-16(10-14(13)12-20)25(22,23)19-11-15-4-3-9-24-15/h5-6,10,15,19H,2-4,7-9,11-12H2,1H3,(H,18,21)/t15-/m1/s1. The lowest BCUT2D eigenvalue weighted by Crippen LogP contribution is -2.42. The van der Waals surface area contributed by atoms with E-state index in [4.69, 9.17) is 4.74 Å². The summed E-state index contributed by atoms with van der Waals surface area (Å²) in [6.07, 6.45) is 2.55. The molecule has 3 rings (SSSR count). The quantitative estimate of drug-likeness (QED) is 0.819. The number of hydrogen-bond acceptors (Lipinski definition) is 4. The molecule has 0 spiro atoms. The highest BCUT2D eigenvalue weighted by Gasteiger charge is 2.24. The van der Waals surface area contributed by atoms with Crippen molar-refractivity contribution in [2.24, 2.45) is 0 Å². The first kappa shape index (κ1) is 18.2. The molecule has 8 heteroatoms. The highest BCUT2D eigenvalue weighted by atomic mass is 32.2. The number of fused-ring (bicyclic) bond motifs is 1. The largest absolute Gasteiger partial charge is 0.377 e. The van der Waals surface area contributed by atoms with Crippen molar-refractivity contribution >= 4 is 16.1 Å². The number of carbonyl (C=O) groups excluding carboxylic acids is 1. The Morgan fingerprint density at radius 2 is 2.20 bits per heavy atom. The van der Waals surface area contributed by atoms with Crippen LogP contribution in [0.4, 0.5) is 4.79 Å². The molecule has 2 amide bonds. The third kappa shape index (κ3) is 4.31. The Morgan fingerprint density at radius 3 is 2.92 bits per heavy atom. The van der Waals surface area contributed by atoms with Crippen LogP contribution in [0.2, 0.25) is 0 Å². The lowest BCUT2D eigenvalue weighted by Gasteiger charge is -2.29. The summed E-state index contributed by atoms with van der Waals surface area (Å²) in [4.78, 5) is 14.0. The highest BCUT2D eigenvalue weighted by Crippen LogP contribution is 2.23. The van der Waals surface area contributed by atoms with E-state index in [1.54, 1.807) is 17.0 Å². The molecular weight excluding hydrogens is 342 g/mol. The molecule has 25 heavy (non-hydrogen) atoms. The van der Waals surface area contributed by atoms with E-state index in [9.17, 15) is 13.2 Å². The first-order valence-corrected chi connectivity index (χ1v) is 10.2. The van der Waals surface area contributed by atoms with Crippen molar-refractivity contribution in [3.63, 3.8) is 0 Å². The second-order valence-electron chi connectivity index (χ2n) is 6.42. The van der Waals surface area contributed by atoms with Gasteiger partial charge in [-0.25, -0.2) is 17.9 Å². The Bertz CT molecular complexity index is 729. The van der Waals surface area contributed by atoms with Crippen molar-refractivity contribution in [2.45, 2.75) is 43.7 Å². The summed E-state index contributed by atoms with van der Waals surface area (Å²) in [6, 6.07) is 5.06. The Morgan fingerprint density at radius 1 is 1.36 bits per heavy atom. The minimum Gasteiger partial charge on any atom is -0.377 e. The van der Waals surface area contributed by atoms with Gasteiger partial charge >= 0.3 is 6.03 Å². The zero-order valence-corrected chi connectivity index (χ0v) is 15.3. The maximum Gasteiger partial charge on any atom is 0.317 e. The molecule has 0 radical (unpaired) electrons. The third-order valence-electron chi connectivity index (χ3n) is 4.64. The summed E-state index contributed by atoms with van der Waals surface area (Å²) >= 11 is 0. The number of hydrogen-bond donors (Lipinski definition) is 2. The molecule has 0 bridgehead atoms. The van der Waals surface area contributed by atoms with Gasteiger partial charge in [0, 0.05) is 32.8 Å². The molecule has 0 saturated carbocycles. The summed E-state index contributed by atoms with van der Waals surface area (Å²) in [5.41, 5.74) is 1.98. The van der Waals surface area contributed by atoms with E-state index in [0.29, 0.717) is 32.8 Å². The van der Waals surface area contributed by atoms with Gasteiger partial charge in [0.25, 0.3) is 0 Å². The van der Waals surface area contributed by atoms with Crippen LogP contribution in [0.25, 0.3) is 0 Å². The van der Waals surface area contributed by atoms with Gasteiger partial charge in [-0.15, -0.1) is 0 Å². The van der Waals surface area contributed by atoms with E-state index in [0.717, 1.165) is 30.4 Å². The molecule has 0 aromatic heterocycles. The molecule has 1 aromatic rings. The molecule has 2 heterocycles. The van der Waals surface area contributed by atoms with Crippen LogP contribution in [0.5, 0.6) is 0 Å². The molecule has 1 saturated heterocycles. The minimum absolute atomic E-state index is 0.0411. The fourth-order valence-electron chi connectivity index (χ4n) is 3.23. The molecule has 7 nitrogen and oxygen atoms in total. The smallest absolute Gasteiger partial charge is 0.317 e. The number of ether oxygens (including phenoxy) is 1. The zero-order chi connectivity index (χ0) is 17.9. The fourth-order valence-corrected chi connectivity index (χ4v) is 4.34. The number of nitrogens with one attached hydrogen (secondary N) is 2. The maximum absolute atomic E-state index is 12.5. The van der Waals surface area contributed by atoms with Gasteiger partial charge in [-0.05, 0) is 49.4 Å². The summed E-state index contributed by atoms with van der Waals surface area (Å²) in [5.74, 6) is 0. The van der Waals surface area contributed by atoms with Gasteiger partial charge in [0.05, 0.1) is 11.0 Å². The van der Waals surface area contributed by atoms with E-state index in [1.807, 2.05) is 13.0 Å². The van der Waals surface area contributed by atoms with Crippen LogP contribution >= 0.6 is 0 Å². The Hall–Kier alpha value is -1.64. The number of sulfonamides is 1. The summed E-state index contributed by atoms with van der Waals surface area (Å²) in [6.45, 7) is 4.51. The number of amides is 2. The van der Waals surface area contributed by atoms with E-state index in [1.165, 1.54) is 0 Å². The van der Waals surface area contributed by atoms with Gasteiger partial charge in [0.15, 0.2) is 0 Å². The Balaban J connectivity index is 1.71. The van der Waals surface area contributed by atoms with Gasteiger partial charge < -0.3 is 15.0 Å². The minimum atomic E-state index is -3.58. The highest BCUT2D eigenvalue weighted by molar-refractivity contribution is 7.89. The van der Waals surface area contributed by atoms with Crippen LogP contribution in [0, 0.1) is 0 Å². The van der Waals surface area contributed by atoms with Crippen LogP contribution in [-0.4, -0.2) is 51.7 Å². The van der Waals surface area contributed by atoms with Crippen LogP contribution in [0.15, 0.2) is 23.1 Å². The number of urea groups is 1. The fraction of sp³-hybridized carbons (Fsp3) is 0.588. The Labute approximate surface area is 148 Å². The first-order valence-electron chi connectivity index (χ1n) is 8.75. The molecular formula is C17H25N3O4S. The van der Waals surface area contributed by atoms with E-state index >= 15 is 0 Å². The van der Waals surface area contributed by atoms with E-state index in [2.05, 4.69) is 10.0 Å². The second-order valence-corrected chi connectivity index (χ2v) is 8.19. The van der Waals surface area contributed by atoms with Crippen molar-refractivity contribution in [1.82, 2.24) is 14.9 Å². The van der Waals surface area contributed by atoms with Crippen LogP contribution in [0.1, 0.15) is 30.9 Å². The predicted molar refractivity (Wildman–Crippen MR) is 93.8 cm³/mol. The van der Waals surface area contributed by atoms with Gasteiger partial charge in [0.1, 0.15) is 0 Å². The van der Waals surface area contributed by atoms with Crippen molar-refractivity contribution < 1.29 is 17.9 Å². The molecule has 1 atom stereocenters. The summed E-state index contributed by atoms with van der Waals surface area (Å²) in [7, 11) is -3.58. The monoisotopic (exact) mass is 367 g/mol. The molecule has 2 N–H and O–H groups in total. The lowest BCUT2D eigenvalue weighted by atomic mass is 10.0. The third-order valence-corrected chi connectivity index (χ3v) is 6.06. The van der Waals surface area contributed by atoms with Crippen molar-refractivity contribution in [3.05, 3.63) is 29.3 Å². The van der Waals surface area contributed by atoms with Crippen molar-refractivity contribution in [1.29, 1.82) is 0 Å². The van der Waals surface area contributed by atoms with Crippen molar-refractivity contribution in [2.75, 3.05) is 26.2 Å². The lowest BCUT2D eigenvalue weighted by molar-refractivity contribution is 0.114. The van der Waals surface area contributed by atoms with Crippen LogP contribution < -0.4 is 10.0 Å². The normalized spacial score (nSPS) is 20.4. The van der Waals surface area contributed by atoms with E-state index in [-0.39, 0.29) is 17.0 Å². The molecule has 0 unspecified atom stereocenters. The number of nitrogens with zero attached hydrogens (tertiary/aromatic N) is 1. The molecule has 2 aliphatic heterocycles. The van der Waals surface area contributed by atoms with Gasteiger partial charge in [-0.2, -0.15) is 0 Å². The van der Waals surface area contributed by atoms with E-state index < -0.39 is 10.0 Å². The van der Waals surface area contributed by atoms with Gasteiger partial charge in [0.2, 0.25) is 10.0 Å². The van der Waals surface area contributed by atoms with Crippen LogP contribution in [-0.2, 0) is 27.7 Å². The number of carbonyl (C=O) groups is 1. The topological polar surface area (TPSA) is 87.7 Å². The maximum atomic E-state index is 12.5. The molecule has 138 valence electrons. The van der Waals surface area contributed by atoms with Gasteiger partial charge in [-0.3, -0.25) is 0 Å². The second kappa shape index (κ2) is 7.72. The number of benzene rings is 1. The average Bonchev–Trinajstić information content (AvgIpc) is 3.13. The van der Waals surface area contributed by atoms with Crippen LogP contribution in [0.3, 0.4) is 0 Å². The molecule has 0 aliphatic carbocycles. The first-order chi connectivity index (χ1) is 12.0. The van der Waals surface area contributed by atoms with Gasteiger partial charge in [-0.1, -0.05) is 6.07 Å². The number of rotatable bonds is 5. The van der Waals surface area contributed by atoms with Crippen molar-refractivity contribution in [3.8, 4) is 0 Å². The summed E-state index contributed by atoms with van der Waals surface area (Å²) < 4.78 is 33.2. The molecule has 1 fully saturated rings. The average molecular weight is 367 g/mol. The molecule has 1 aromatic carbocycles. The SMILES string of the molecule is CCNC(=O)N1CCc2ccc(S(=O)(=O)NC[C@H]3CCCO3)cc2C1.